The maximum absolute atomic E-state index is 12.0. The van der Waals surface area contributed by atoms with Crippen molar-refractivity contribution in [1.82, 2.24) is 0 Å². The van der Waals surface area contributed by atoms with Gasteiger partial charge in [-0.3, -0.25) is 14.9 Å². The smallest absolute Gasteiger partial charge is 0.350 e. The lowest BCUT2D eigenvalue weighted by Crippen LogP contribution is -2.12. The van der Waals surface area contributed by atoms with E-state index in [0.29, 0.717) is 24.2 Å². The molecule has 0 atom stereocenters. The number of nitro groups is 1. The van der Waals surface area contributed by atoms with Crippen molar-refractivity contribution in [2.75, 3.05) is 25.1 Å². The zero-order chi connectivity index (χ0) is 16.7. The second-order valence-electron chi connectivity index (χ2n) is 5.11. The average Bonchev–Trinajstić information content (AvgIpc) is 2.53. The third-order valence-electron chi connectivity index (χ3n) is 3.38. The highest BCUT2D eigenvalue weighted by molar-refractivity contribution is 7.16. The molecule has 2 rings (SSSR count). The van der Waals surface area contributed by atoms with Crippen LogP contribution in [-0.4, -0.2) is 24.7 Å². The summed E-state index contributed by atoms with van der Waals surface area (Å²) in [7, 11) is 0. The number of unbranched alkanes of at least 4 members (excludes halogenated alkanes) is 1. The van der Waals surface area contributed by atoms with Crippen molar-refractivity contribution in [2.24, 2.45) is 0 Å². The molecule has 0 unspecified atom stereocenters. The molecule has 0 saturated heterocycles. The maximum Gasteiger partial charge on any atom is 0.350 e. The van der Waals surface area contributed by atoms with E-state index in [9.17, 15) is 14.9 Å². The molecular formula is C16H20N2O4S. The summed E-state index contributed by atoms with van der Waals surface area (Å²) in [5.41, 5.74) is -0.0662. The van der Waals surface area contributed by atoms with Gasteiger partial charge in [0.05, 0.1) is 4.92 Å². The summed E-state index contributed by atoms with van der Waals surface area (Å²) in [5.74, 6) is 0. The Balaban J connectivity index is 2.13. The predicted molar refractivity (Wildman–Crippen MR) is 93.6 cm³/mol. The highest BCUT2D eigenvalue weighted by Gasteiger charge is 2.22. The van der Waals surface area contributed by atoms with Crippen molar-refractivity contribution in [3.8, 4) is 0 Å². The molecule has 6 nitrogen and oxygen atoms in total. The lowest BCUT2D eigenvalue weighted by Gasteiger charge is -2.09. The molecule has 1 heterocycles. The molecule has 0 amide bonds. The van der Waals surface area contributed by atoms with Crippen molar-refractivity contribution in [1.29, 1.82) is 0 Å². The number of benzene rings is 1. The molecule has 1 N–H and O–H groups in total. The SMILES string of the molecule is CCCCOCCCNc1c([N+](=O)[O-])c(=O)sc2ccccc12. The molecule has 2 aromatic rings. The Hall–Kier alpha value is -1.99. The first-order valence-corrected chi connectivity index (χ1v) is 8.48. The van der Waals surface area contributed by atoms with Crippen molar-refractivity contribution >= 4 is 32.8 Å². The van der Waals surface area contributed by atoms with E-state index in [1.54, 1.807) is 12.1 Å². The molecule has 0 radical (unpaired) electrons. The van der Waals surface area contributed by atoms with Gasteiger partial charge in [0.2, 0.25) is 0 Å². The van der Waals surface area contributed by atoms with Crippen LogP contribution in [-0.2, 0) is 4.74 Å². The fraction of sp³-hybridized carbons (Fsp3) is 0.438. The Morgan fingerprint density at radius 2 is 2.00 bits per heavy atom. The zero-order valence-electron chi connectivity index (χ0n) is 13.0. The summed E-state index contributed by atoms with van der Waals surface area (Å²) in [6.07, 6.45) is 2.85. The molecule has 0 spiro atoms. The third-order valence-corrected chi connectivity index (χ3v) is 4.34. The molecule has 7 heteroatoms. The Bertz CT molecular complexity index is 730. The standard InChI is InChI=1S/C16H20N2O4S/c1-2-3-10-22-11-6-9-17-14-12-7-4-5-8-13(12)23-16(19)15(14)18(20)21/h4-5,7-8,17H,2-3,6,9-11H2,1H3. The molecule has 1 aromatic carbocycles. The minimum Gasteiger partial charge on any atom is -0.381 e. The number of hydrogen-bond donors (Lipinski definition) is 1. The van der Waals surface area contributed by atoms with Crippen molar-refractivity contribution in [3.63, 3.8) is 0 Å². The van der Waals surface area contributed by atoms with Crippen LogP contribution in [0.4, 0.5) is 11.4 Å². The minimum atomic E-state index is -0.606. The van der Waals surface area contributed by atoms with E-state index in [0.717, 1.165) is 41.9 Å². The van der Waals surface area contributed by atoms with Gasteiger partial charge in [0.15, 0.2) is 0 Å². The van der Waals surface area contributed by atoms with Gasteiger partial charge >= 0.3 is 10.4 Å². The van der Waals surface area contributed by atoms with E-state index in [1.165, 1.54) is 0 Å². The van der Waals surface area contributed by atoms with E-state index in [4.69, 9.17) is 4.74 Å². The number of nitrogens with one attached hydrogen (secondary N) is 1. The Kier molecular flexibility index (Phi) is 6.49. The molecule has 0 aliphatic heterocycles. The summed E-state index contributed by atoms with van der Waals surface area (Å²) in [6.45, 7) is 3.95. The first-order chi connectivity index (χ1) is 11.1. The number of ether oxygens (including phenoxy) is 1. The summed E-state index contributed by atoms with van der Waals surface area (Å²) >= 11 is 0.902. The van der Waals surface area contributed by atoms with Gasteiger partial charge in [-0.2, -0.15) is 0 Å². The highest BCUT2D eigenvalue weighted by atomic mass is 32.1. The quantitative estimate of drug-likeness (QED) is 0.428. The molecule has 0 bridgehead atoms. The minimum absolute atomic E-state index is 0.308. The monoisotopic (exact) mass is 336 g/mol. The van der Waals surface area contributed by atoms with Crippen LogP contribution in [0.15, 0.2) is 29.1 Å². The fourth-order valence-electron chi connectivity index (χ4n) is 2.22. The first-order valence-electron chi connectivity index (χ1n) is 7.67. The second-order valence-corrected chi connectivity index (χ2v) is 6.13. The average molecular weight is 336 g/mol. The third kappa shape index (κ3) is 4.49. The second kappa shape index (κ2) is 8.59. The number of hydrogen-bond acceptors (Lipinski definition) is 6. The number of fused-ring (bicyclic) bond motifs is 1. The van der Waals surface area contributed by atoms with E-state index >= 15 is 0 Å². The van der Waals surface area contributed by atoms with Gasteiger partial charge in [0.1, 0.15) is 5.69 Å². The van der Waals surface area contributed by atoms with Crippen LogP contribution in [0.25, 0.3) is 10.1 Å². The van der Waals surface area contributed by atoms with Crippen LogP contribution >= 0.6 is 11.3 Å². The molecular weight excluding hydrogens is 316 g/mol. The van der Waals surface area contributed by atoms with E-state index in [1.807, 2.05) is 12.1 Å². The Labute approximate surface area is 138 Å². The molecule has 0 aliphatic rings. The van der Waals surface area contributed by atoms with Gasteiger partial charge in [0, 0.05) is 29.8 Å². The summed E-state index contributed by atoms with van der Waals surface area (Å²) in [5, 5.41) is 15.0. The van der Waals surface area contributed by atoms with E-state index in [-0.39, 0.29) is 5.69 Å². The van der Waals surface area contributed by atoms with Gasteiger partial charge in [-0.25, -0.2) is 0 Å². The molecule has 0 fully saturated rings. The number of anilines is 1. The molecule has 0 saturated carbocycles. The Morgan fingerprint density at radius 3 is 2.74 bits per heavy atom. The van der Waals surface area contributed by atoms with Crippen LogP contribution in [0.3, 0.4) is 0 Å². The fourth-order valence-corrected chi connectivity index (χ4v) is 3.12. The van der Waals surface area contributed by atoms with Crippen molar-refractivity contribution in [2.45, 2.75) is 26.2 Å². The molecule has 0 aliphatic carbocycles. The van der Waals surface area contributed by atoms with Crippen molar-refractivity contribution < 1.29 is 9.66 Å². The van der Waals surface area contributed by atoms with Gasteiger partial charge in [-0.15, -0.1) is 0 Å². The molecule has 1 aromatic heterocycles. The van der Waals surface area contributed by atoms with Crippen LogP contribution in [0.2, 0.25) is 0 Å². The first kappa shape index (κ1) is 17.4. The van der Waals surface area contributed by atoms with Crippen LogP contribution in [0.1, 0.15) is 26.2 Å². The van der Waals surface area contributed by atoms with E-state index < -0.39 is 9.67 Å². The van der Waals surface area contributed by atoms with Gasteiger partial charge in [0.25, 0.3) is 0 Å². The largest absolute Gasteiger partial charge is 0.381 e. The lowest BCUT2D eigenvalue weighted by atomic mass is 10.2. The normalized spacial score (nSPS) is 10.8. The molecule has 23 heavy (non-hydrogen) atoms. The highest BCUT2D eigenvalue weighted by Crippen LogP contribution is 2.31. The topological polar surface area (TPSA) is 81.5 Å². The zero-order valence-corrected chi connectivity index (χ0v) is 13.9. The van der Waals surface area contributed by atoms with Crippen LogP contribution in [0.5, 0.6) is 0 Å². The number of rotatable bonds is 9. The summed E-state index contributed by atoms with van der Waals surface area (Å²) in [4.78, 5) is 22.6. The maximum atomic E-state index is 12.0. The van der Waals surface area contributed by atoms with Crippen LogP contribution < -0.4 is 10.1 Å². The summed E-state index contributed by atoms with van der Waals surface area (Å²) in [6, 6.07) is 7.21. The summed E-state index contributed by atoms with van der Waals surface area (Å²) < 4.78 is 5.68. The van der Waals surface area contributed by atoms with Crippen molar-refractivity contribution in [3.05, 3.63) is 43.9 Å². The van der Waals surface area contributed by atoms with E-state index in [2.05, 4.69) is 12.2 Å². The van der Waals surface area contributed by atoms with Gasteiger partial charge in [-0.05, 0) is 18.9 Å². The Morgan fingerprint density at radius 1 is 1.26 bits per heavy atom. The predicted octanol–water partition coefficient (Wildman–Crippen LogP) is 3.79. The van der Waals surface area contributed by atoms with Gasteiger partial charge in [-0.1, -0.05) is 42.9 Å². The molecule has 124 valence electrons. The number of nitrogens with zero attached hydrogens (tertiary/aromatic N) is 1. The lowest BCUT2D eigenvalue weighted by molar-refractivity contribution is -0.384. The van der Waals surface area contributed by atoms with Crippen LogP contribution in [0, 0.1) is 10.1 Å². The van der Waals surface area contributed by atoms with Gasteiger partial charge < -0.3 is 10.1 Å².